The van der Waals surface area contributed by atoms with E-state index in [9.17, 15) is 8.78 Å². The van der Waals surface area contributed by atoms with Crippen molar-refractivity contribution in [2.45, 2.75) is 97.1 Å². The lowest BCUT2D eigenvalue weighted by molar-refractivity contribution is -0.399. The number of ether oxygens (including phenoxy) is 3. The van der Waals surface area contributed by atoms with E-state index in [0.717, 1.165) is 31.7 Å². The highest BCUT2D eigenvalue weighted by atomic mass is 19.1. The second-order valence-electron chi connectivity index (χ2n) is 8.06. The Hall–Kier alpha value is -1.04. The summed E-state index contributed by atoms with van der Waals surface area (Å²) < 4.78 is 44.6. The Balaban J connectivity index is 2.74. The highest BCUT2D eigenvalue weighted by Gasteiger charge is 2.41. The summed E-state index contributed by atoms with van der Waals surface area (Å²) in [5.41, 5.74) is 0.537. The number of benzene rings is 1. The molecule has 0 spiro atoms. The van der Waals surface area contributed by atoms with Gasteiger partial charge < -0.3 is 14.2 Å². The van der Waals surface area contributed by atoms with Gasteiger partial charge in [0, 0.05) is 26.2 Å². The zero-order valence-corrected chi connectivity index (χ0v) is 18.9. The minimum Gasteiger partial charge on any atom is -0.331 e. The molecular formula is C24H40F2O3. The van der Waals surface area contributed by atoms with Crippen LogP contribution in [0.1, 0.15) is 84.1 Å². The molecule has 1 rings (SSSR count). The van der Waals surface area contributed by atoms with E-state index < -0.39 is 17.6 Å². The number of aryl methyl sites for hydroxylation is 1. The van der Waals surface area contributed by atoms with Crippen molar-refractivity contribution >= 4 is 0 Å². The molecule has 5 heteroatoms. The molecule has 0 aliphatic rings. The molecule has 3 nitrogen and oxygen atoms in total. The summed E-state index contributed by atoms with van der Waals surface area (Å²) in [6.45, 7) is 6.14. The standard InChI is InChI=1S/C24H40F2O3/c1-6-7-8-9-10-11-14-21(24(27-4,28-5)29-19(2)3)15-12-13-20-16-17-22(25)18-23(20)26/h16-19,21H,6-15H2,1-5H3. The fraction of sp³-hybridized carbons (Fsp3) is 0.750. The van der Waals surface area contributed by atoms with Crippen LogP contribution in [0, 0.1) is 17.6 Å². The molecule has 0 bridgehead atoms. The summed E-state index contributed by atoms with van der Waals surface area (Å²) in [4.78, 5) is 0. The van der Waals surface area contributed by atoms with Gasteiger partial charge >= 0.3 is 0 Å². The van der Waals surface area contributed by atoms with Crippen LogP contribution in [0.4, 0.5) is 8.78 Å². The van der Waals surface area contributed by atoms with Crippen molar-refractivity contribution in [1.82, 2.24) is 0 Å². The van der Waals surface area contributed by atoms with Gasteiger partial charge in [-0.3, -0.25) is 0 Å². The molecule has 0 aliphatic heterocycles. The third kappa shape index (κ3) is 9.10. The Morgan fingerprint density at radius 2 is 1.52 bits per heavy atom. The molecule has 1 aromatic rings. The summed E-state index contributed by atoms with van der Waals surface area (Å²) in [5.74, 6) is -2.09. The highest BCUT2D eigenvalue weighted by molar-refractivity contribution is 5.18. The number of methoxy groups -OCH3 is 2. The van der Waals surface area contributed by atoms with Gasteiger partial charge in [0.25, 0.3) is 5.97 Å². The normalized spacial score (nSPS) is 13.2. The van der Waals surface area contributed by atoms with Gasteiger partial charge in [0.15, 0.2) is 0 Å². The van der Waals surface area contributed by atoms with E-state index in [4.69, 9.17) is 14.2 Å². The van der Waals surface area contributed by atoms with Crippen molar-refractivity contribution in [2.75, 3.05) is 14.2 Å². The maximum absolute atomic E-state index is 13.9. The molecule has 0 N–H and O–H groups in total. The number of rotatable bonds is 16. The molecule has 0 aromatic heterocycles. The number of hydrogen-bond donors (Lipinski definition) is 0. The molecule has 0 heterocycles. The summed E-state index contributed by atoms with van der Waals surface area (Å²) in [5, 5.41) is 0. The van der Waals surface area contributed by atoms with Gasteiger partial charge in [0.05, 0.1) is 6.10 Å². The molecular weight excluding hydrogens is 374 g/mol. The molecule has 0 fully saturated rings. The SMILES string of the molecule is CCCCCCCCC(CCCc1ccc(F)cc1F)C(OC)(OC)OC(C)C. The first-order valence-electron chi connectivity index (χ1n) is 11.1. The maximum atomic E-state index is 13.9. The van der Waals surface area contributed by atoms with Crippen molar-refractivity contribution in [3.63, 3.8) is 0 Å². The lowest BCUT2D eigenvalue weighted by atomic mass is 9.91. The quantitative estimate of drug-likeness (QED) is 0.215. The van der Waals surface area contributed by atoms with E-state index >= 15 is 0 Å². The average molecular weight is 415 g/mol. The molecule has 1 unspecified atom stereocenters. The van der Waals surface area contributed by atoms with Crippen LogP contribution in [-0.2, 0) is 20.6 Å². The second kappa shape index (κ2) is 14.1. The largest absolute Gasteiger partial charge is 0.331 e. The Labute approximate surface area is 176 Å². The molecule has 0 saturated carbocycles. The first kappa shape index (κ1) is 26.0. The minimum absolute atomic E-state index is 0.0367. The summed E-state index contributed by atoms with van der Waals surface area (Å²) in [6, 6.07) is 3.78. The Morgan fingerprint density at radius 3 is 2.10 bits per heavy atom. The van der Waals surface area contributed by atoms with Crippen LogP contribution in [0.2, 0.25) is 0 Å². The molecule has 168 valence electrons. The van der Waals surface area contributed by atoms with Crippen LogP contribution in [-0.4, -0.2) is 26.3 Å². The number of halogens is 2. The van der Waals surface area contributed by atoms with Crippen LogP contribution in [0.25, 0.3) is 0 Å². The van der Waals surface area contributed by atoms with Crippen molar-refractivity contribution in [2.24, 2.45) is 5.92 Å². The van der Waals surface area contributed by atoms with E-state index in [0.29, 0.717) is 12.0 Å². The van der Waals surface area contributed by atoms with Crippen LogP contribution >= 0.6 is 0 Å². The second-order valence-corrected chi connectivity index (χ2v) is 8.06. The number of unbranched alkanes of at least 4 members (excludes halogenated alkanes) is 5. The van der Waals surface area contributed by atoms with Gasteiger partial charge in [-0.05, 0) is 51.2 Å². The first-order chi connectivity index (χ1) is 13.9. The smallest absolute Gasteiger partial charge is 0.285 e. The van der Waals surface area contributed by atoms with E-state index in [1.54, 1.807) is 14.2 Å². The zero-order valence-electron chi connectivity index (χ0n) is 18.9. The van der Waals surface area contributed by atoms with Gasteiger partial charge in [-0.25, -0.2) is 8.78 Å². The van der Waals surface area contributed by atoms with Gasteiger partial charge in [-0.2, -0.15) is 0 Å². The molecule has 0 saturated heterocycles. The van der Waals surface area contributed by atoms with Crippen LogP contribution < -0.4 is 0 Å². The number of hydrogen-bond acceptors (Lipinski definition) is 3. The zero-order chi connectivity index (χ0) is 21.7. The Morgan fingerprint density at radius 1 is 0.897 bits per heavy atom. The maximum Gasteiger partial charge on any atom is 0.285 e. The third-order valence-corrected chi connectivity index (χ3v) is 5.39. The Bertz CT molecular complexity index is 559. The van der Waals surface area contributed by atoms with E-state index in [1.807, 2.05) is 13.8 Å². The fourth-order valence-corrected chi connectivity index (χ4v) is 3.87. The van der Waals surface area contributed by atoms with Gasteiger partial charge in [0.1, 0.15) is 11.6 Å². The van der Waals surface area contributed by atoms with Gasteiger partial charge in [0.2, 0.25) is 0 Å². The molecule has 1 atom stereocenters. The monoisotopic (exact) mass is 414 g/mol. The summed E-state index contributed by atoms with van der Waals surface area (Å²) >= 11 is 0. The van der Waals surface area contributed by atoms with Gasteiger partial charge in [-0.1, -0.05) is 51.5 Å². The van der Waals surface area contributed by atoms with Gasteiger partial charge in [-0.15, -0.1) is 0 Å². The molecule has 0 aliphatic carbocycles. The van der Waals surface area contributed by atoms with Crippen LogP contribution in [0.5, 0.6) is 0 Å². The fourth-order valence-electron chi connectivity index (χ4n) is 3.87. The molecule has 0 amide bonds. The predicted molar refractivity (Wildman–Crippen MR) is 114 cm³/mol. The predicted octanol–water partition coefficient (Wildman–Crippen LogP) is 7.03. The average Bonchev–Trinajstić information content (AvgIpc) is 2.68. The highest BCUT2D eigenvalue weighted by Crippen LogP contribution is 2.34. The Kier molecular flexibility index (Phi) is 12.6. The van der Waals surface area contributed by atoms with Crippen molar-refractivity contribution in [3.8, 4) is 0 Å². The molecule has 0 radical (unpaired) electrons. The van der Waals surface area contributed by atoms with Crippen molar-refractivity contribution in [1.29, 1.82) is 0 Å². The summed E-state index contributed by atoms with van der Waals surface area (Å²) in [6.07, 6.45) is 10.2. The first-order valence-corrected chi connectivity index (χ1v) is 11.1. The van der Waals surface area contributed by atoms with Crippen molar-refractivity contribution < 1.29 is 23.0 Å². The van der Waals surface area contributed by atoms with E-state index in [2.05, 4.69) is 6.92 Å². The third-order valence-electron chi connectivity index (χ3n) is 5.39. The molecule has 29 heavy (non-hydrogen) atoms. The van der Waals surface area contributed by atoms with E-state index in [1.165, 1.54) is 44.2 Å². The van der Waals surface area contributed by atoms with Crippen LogP contribution in [0.3, 0.4) is 0 Å². The topological polar surface area (TPSA) is 27.7 Å². The lowest BCUT2D eigenvalue weighted by Crippen LogP contribution is -2.46. The lowest BCUT2D eigenvalue weighted by Gasteiger charge is -2.39. The van der Waals surface area contributed by atoms with E-state index in [-0.39, 0.29) is 12.0 Å². The van der Waals surface area contributed by atoms with Crippen molar-refractivity contribution in [3.05, 3.63) is 35.4 Å². The van der Waals surface area contributed by atoms with Crippen LogP contribution in [0.15, 0.2) is 18.2 Å². The summed E-state index contributed by atoms with van der Waals surface area (Å²) in [7, 11) is 3.22. The minimum atomic E-state index is -1.10. The molecule has 1 aromatic carbocycles.